The van der Waals surface area contributed by atoms with Crippen molar-refractivity contribution < 1.29 is 4.92 Å². The van der Waals surface area contributed by atoms with Crippen LogP contribution in [0.25, 0.3) is 0 Å². The van der Waals surface area contributed by atoms with Crippen LogP contribution in [0.5, 0.6) is 0 Å². The molecule has 0 aliphatic heterocycles. The van der Waals surface area contributed by atoms with Crippen molar-refractivity contribution in [1.29, 1.82) is 0 Å². The molecule has 2 rings (SSSR count). The van der Waals surface area contributed by atoms with E-state index < -0.39 is 4.92 Å². The number of hydrogen-bond acceptors (Lipinski definition) is 7. The second-order valence-electron chi connectivity index (χ2n) is 3.44. The van der Waals surface area contributed by atoms with Crippen molar-refractivity contribution in [2.24, 2.45) is 5.10 Å². The number of nitrogens with zero attached hydrogens (tertiary/aromatic N) is 4. The van der Waals surface area contributed by atoms with Crippen LogP contribution in [0, 0.1) is 14.9 Å². The predicted molar refractivity (Wildman–Crippen MR) is 71.9 cm³/mol. The first-order valence-corrected chi connectivity index (χ1v) is 5.45. The molecule has 0 spiro atoms. The zero-order chi connectivity index (χ0) is 13.8. The number of benzene rings is 1. The highest BCUT2D eigenvalue weighted by molar-refractivity contribution is 7.71. The lowest BCUT2D eigenvalue weighted by Gasteiger charge is -1.97. The SMILES string of the molecule is Nn1c(N/N=C/c2ccc([N+](=O)[O-])cc2)n[nH]c1=S. The minimum atomic E-state index is -0.467. The summed E-state index contributed by atoms with van der Waals surface area (Å²) >= 11 is 4.82. The number of anilines is 1. The Kier molecular flexibility index (Phi) is 3.52. The van der Waals surface area contributed by atoms with E-state index in [0.29, 0.717) is 5.56 Å². The molecule has 1 aromatic heterocycles. The van der Waals surface area contributed by atoms with Gasteiger partial charge in [0, 0.05) is 12.1 Å². The van der Waals surface area contributed by atoms with Gasteiger partial charge in [-0.25, -0.2) is 10.5 Å². The molecule has 98 valence electrons. The van der Waals surface area contributed by atoms with Crippen LogP contribution in [-0.4, -0.2) is 26.0 Å². The Morgan fingerprint density at radius 2 is 2.21 bits per heavy atom. The minimum Gasteiger partial charge on any atom is -0.334 e. The summed E-state index contributed by atoms with van der Waals surface area (Å²) in [4.78, 5) is 10.0. The maximum Gasteiger partial charge on any atom is 0.269 e. The van der Waals surface area contributed by atoms with Gasteiger partial charge in [-0.15, -0.1) is 5.10 Å². The molecule has 0 aliphatic rings. The fraction of sp³-hybridized carbons (Fsp3) is 0. The molecular weight excluding hydrogens is 270 g/mol. The zero-order valence-corrected chi connectivity index (χ0v) is 10.3. The number of hydrazone groups is 1. The summed E-state index contributed by atoms with van der Waals surface area (Å²) in [6.45, 7) is 0. The normalized spacial score (nSPS) is 10.7. The number of nitrogens with two attached hydrogens (primary N) is 1. The molecule has 4 N–H and O–H groups in total. The van der Waals surface area contributed by atoms with E-state index in [1.54, 1.807) is 12.1 Å². The lowest BCUT2D eigenvalue weighted by molar-refractivity contribution is -0.384. The van der Waals surface area contributed by atoms with Gasteiger partial charge in [-0.1, -0.05) is 0 Å². The van der Waals surface area contributed by atoms with Gasteiger partial charge < -0.3 is 5.84 Å². The molecule has 0 saturated heterocycles. The molecule has 19 heavy (non-hydrogen) atoms. The van der Waals surface area contributed by atoms with E-state index in [0.717, 1.165) is 4.68 Å². The molecule has 0 fully saturated rings. The molecule has 1 heterocycles. The largest absolute Gasteiger partial charge is 0.334 e. The van der Waals surface area contributed by atoms with Crippen molar-refractivity contribution in [2.45, 2.75) is 0 Å². The number of nitro groups is 1. The molecule has 10 heteroatoms. The third-order valence-corrected chi connectivity index (χ3v) is 2.47. The summed E-state index contributed by atoms with van der Waals surface area (Å²) < 4.78 is 1.38. The standard InChI is InChI=1S/C9H9N7O2S/c10-15-8(13-14-9(15)19)12-11-5-6-1-3-7(4-2-6)16(17)18/h1-5H,10H2,(H,12,13)(H,14,19)/b11-5+. The van der Waals surface area contributed by atoms with E-state index in [4.69, 9.17) is 18.1 Å². The van der Waals surface area contributed by atoms with Gasteiger partial charge in [-0.3, -0.25) is 10.1 Å². The van der Waals surface area contributed by atoms with Crippen molar-refractivity contribution in [3.05, 3.63) is 44.7 Å². The molecule has 0 atom stereocenters. The average molecular weight is 279 g/mol. The van der Waals surface area contributed by atoms with Crippen LogP contribution in [0.3, 0.4) is 0 Å². The van der Waals surface area contributed by atoms with Gasteiger partial charge in [-0.2, -0.15) is 9.78 Å². The number of nitrogens with one attached hydrogen (secondary N) is 2. The second kappa shape index (κ2) is 5.27. The monoisotopic (exact) mass is 279 g/mol. The number of aromatic nitrogens is 3. The number of hydrogen-bond donors (Lipinski definition) is 3. The summed E-state index contributed by atoms with van der Waals surface area (Å²) in [5.41, 5.74) is 3.30. The van der Waals surface area contributed by atoms with Crippen LogP contribution in [0.2, 0.25) is 0 Å². The molecule has 0 aliphatic carbocycles. The number of non-ortho nitro benzene ring substituents is 1. The Bertz CT molecular complexity index is 673. The molecule has 0 saturated carbocycles. The van der Waals surface area contributed by atoms with Crippen molar-refractivity contribution in [3.8, 4) is 0 Å². The Hall–Kier alpha value is -2.75. The Morgan fingerprint density at radius 1 is 1.53 bits per heavy atom. The number of aromatic amines is 1. The molecule has 0 bridgehead atoms. The number of nitro benzene ring substituents is 1. The number of nitrogen functional groups attached to an aromatic ring is 1. The second-order valence-corrected chi connectivity index (χ2v) is 3.83. The molecule has 0 radical (unpaired) electrons. The molecule has 1 aromatic carbocycles. The quantitative estimate of drug-likeness (QED) is 0.252. The molecular formula is C9H9N7O2S. The fourth-order valence-electron chi connectivity index (χ4n) is 1.23. The number of H-pyrrole nitrogens is 1. The lowest BCUT2D eigenvalue weighted by Crippen LogP contribution is -2.11. The van der Waals surface area contributed by atoms with E-state index in [1.807, 2.05) is 0 Å². The van der Waals surface area contributed by atoms with Gasteiger partial charge in [0.2, 0.25) is 4.77 Å². The Balaban J connectivity index is 2.05. The van der Waals surface area contributed by atoms with E-state index in [9.17, 15) is 10.1 Å². The smallest absolute Gasteiger partial charge is 0.269 e. The zero-order valence-electron chi connectivity index (χ0n) is 9.48. The van der Waals surface area contributed by atoms with Crippen LogP contribution >= 0.6 is 12.2 Å². The van der Waals surface area contributed by atoms with Crippen LogP contribution in [0.1, 0.15) is 5.56 Å². The maximum absolute atomic E-state index is 10.5. The van der Waals surface area contributed by atoms with E-state index in [2.05, 4.69) is 20.7 Å². The molecule has 0 amide bonds. The van der Waals surface area contributed by atoms with E-state index >= 15 is 0 Å². The van der Waals surface area contributed by atoms with Gasteiger partial charge in [0.15, 0.2) is 0 Å². The van der Waals surface area contributed by atoms with Crippen molar-refractivity contribution in [3.63, 3.8) is 0 Å². The van der Waals surface area contributed by atoms with Gasteiger partial charge in [0.25, 0.3) is 11.6 Å². The van der Waals surface area contributed by atoms with Crippen molar-refractivity contribution >= 4 is 30.1 Å². The first-order chi connectivity index (χ1) is 9.08. The first-order valence-electron chi connectivity index (χ1n) is 5.04. The van der Waals surface area contributed by atoms with Gasteiger partial charge in [0.1, 0.15) is 0 Å². The van der Waals surface area contributed by atoms with Gasteiger partial charge >= 0.3 is 0 Å². The minimum absolute atomic E-state index is 0.0213. The summed E-state index contributed by atoms with van der Waals surface area (Å²) in [5, 5.41) is 20.6. The van der Waals surface area contributed by atoms with Crippen molar-refractivity contribution in [2.75, 3.05) is 11.3 Å². The molecule has 9 nitrogen and oxygen atoms in total. The predicted octanol–water partition coefficient (Wildman–Crippen LogP) is 1.01. The van der Waals surface area contributed by atoms with Crippen molar-refractivity contribution in [1.82, 2.24) is 14.9 Å². The first kappa shape index (κ1) is 12.7. The Morgan fingerprint density at radius 3 is 2.74 bits per heavy atom. The molecule has 0 unspecified atom stereocenters. The summed E-state index contributed by atoms with van der Waals surface area (Å²) in [7, 11) is 0. The van der Waals surface area contributed by atoms with Crippen LogP contribution < -0.4 is 11.3 Å². The fourth-order valence-corrected chi connectivity index (χ4v) is 1.36. The topological polar surface area (TPSA) is 127 Å². The van der Waals surface area contributed by atoms with E-state index in [-0.39, 0.29) is 16.4 Å². The van der Waals surface area contributed by atoms with Gasteiger partial charge in [-0.05, 0) is 29.9 Å². The average Bonchev–Trinajstić information content (AvgIpc) is 2.71. The highest BCUT2D eigenvalue weighted by Crippen LogP contribution is 2.10. The summed E-state index contributed by atoms with van der Waals surface area (Å²) in [6.07, 6.45) is 1.47. The highest BCUT2D eigenvalue weighted by atomic mass is 32.1. The Labute approximate surface area is 111 Å². The third-order valence-electron chi connectivity index (χ3n) is 2.19. The summed E-state index contributed by atoms with van der Waals surface area (Å²) in [6, 6.07) is 5.92. The molecule has 2 aromatic rings. The van der Waals surface area contributed by atoms with Crippen LogP contribution in [0.15, 0.2) is 29.4 Å². The van der Waals surface area contributed by atoms with Gasteiger partial charge in [0.05, 0.1) is 11.1 Å². The van der Waals surface area contributed by atoms with E-state index in [1.165, 1.54) is 18.3 Å². The lowest BCUT2D eigenvalue weighted by atomic mass is 10.2. The van der Waals surface area contributed by atoms with Crippen LogP contribution in [0.4, 0.5) is 11.6 Å². The highest BCUT2D eigenvalue weighted by Gasteiger charge is 2.03. The summed E-state index contributed by atoms with van der Waals surface area (Å²) in [5.74, 6) is 5.80. The van der Waals surface area contributed by atoms with Crippen LogP contribution in [-0.2, 0) is 0 Å². The maximum atomic E-state index is 10.5. The third kappa shape index (κ3) is 2.93. The number of rotatable bonds is 4.